The first-order chi connectivity index (χ1) is 9.62. The van der Waals surface area contributed by atoms with Gasteiger partial charge in [-0.1, -0.05) is 29.8 Å². The van der Waals surface area contributed by atoms with Crippen molar-refractivity contribution in [2.24, 2.45) is 0 Å². The molecule has 0 bridgehead atoms. The van der Waals surface area contributed by atoms with Gasteiger partial charge < -0.3 is 15.0 Å². The first-order valence-electron chi connectivity index (χ1n) is 6.13. The Hall–Kier alpha value is -1.81. The van der Waals surface area contributed by atoms with E-state index in [1.165, 1.54) is 5.56 Å². The van der Waals surface area contributed by atoms with Crippen LogP contribution in [0, 0.1) is 6.92 Å². The molecule has 0 spiro atoms. The molecular formula is C15H16N2O2S. The quantitative estimate of drug-likeness (QED) is 0.528. The molecule has 5 heteroatoms. The first-order valence-corrected chi connectivity index (χ1v) is 6.58. The number of hydrogen-bond acceptors (Lipinski definition) is 3. The molecule has 0 heterocycles. The highest BCUT2D eigenvalue weighted by atomic mass is 32.1. The number of aryl methyl sites for hydroxylation is 1. The van der Waals surface area contributed by atoms with E-state index >= 15 is 0 Å². The van der Waals surface area contributed by atoms with Crippen LogP contribution in [0.15, 0.2) is 41.0 Å². The van der Waals surface area contributed by atoms with Crippen LogP contribution in [-0.2, 0) is 9.47 Å². The number of allylic oxidation sites excluding steroid dienone is 1. The van der Waals surface area contributed by atoms with Crippen molar-refractivity contribution in [3.05, 3.63) is 57.7 Å². The summed E-state index contributed by atoms with van der Waals surface area (Å²) in [5.74, 6) is 0.597. The van der Waals surface area contributed by atoms with Crippen molar-refractivity contribution in [2.45, 2.75) is 13.0 Å². The molecule has 0 fully saturated rings. The second-order valence-electron chi connectivity index (χ2n) is 4.48. The van der Waals surface area contributed by atoms with E-state index in [1.807, 2.05) is 31.2 Å². The van der Waals surface area contributed by atoms with Crippen molar-refractivity contribution in [3.8, 4) is 0 Å². The topological polar surface area (TPSA) is 54.9 Å². The normalized spacial score (nSPS) is 18.7. The fourth-order valence-corrected chi connectivity index (χ4v) is 2.64. The molecule has 0 radical (unpaired) electrons. The standard InChI is InChI=1S/C15H16N2O2S/c1-9-4-6-10(7-5-9)13-12(18-2)8-11(17-16)14(19-3)15(13)20/h4-8,14,20H,1-3H3. The van der Waals surface area contributed by atoms with Crippen LogP contribution in [0.2, 0.25) is 0 Å². The molecule has 0 saturated heterocycles. The largest absolute Gasteiger partial charge is 0.496 e. The molecule has 0 amide bonds. The van der Waals surface area contributed by atoms with Crippen LogP contribution in [0.4, 0.5) is 0 Å². The van der Waals surface area contributed by atoms with Crippen LogP contribution in [0.5, 0.6) is 0 Å². The molecule has 0 saturated carbocycles. The third-order valence-corrected chi connectivity index (χ3v) is 3.67. The molecule has 1 aromatic carbocycles. The second-order valence-corrected chi connectivity index (χ2v) is 4.96. The summed E-state index contributed by atoms with van der Waals surface area (Å²) < 4.78 is 10.7. The molecule has 1 aromatic rings. The van der Waals surface area contributed by atoms with Gasteiger partial charge in [-0.3, -0.25) is 0 Å². The van der Waals surface area contributed by atoms with E-state index in [1.54, 1.807) is 20.3 Å². The molecule has 4 nitrogen and oxygen atoms in total. The molecule has 0 aromatic heterocycles. The lowest BCUT2D eigenvalue weighted by Crippen LogP contribution is -2.27. The van der Waals surface area contributed by atoms with E-state index in [4.69, 9.17) is 15.0 Å². The molecule has 0 aliphatic heterocycles. The lowest BCUT2D eigenvalue weighted by molar-refractivity contribution is -0.0190. The van der Waals surface area contributed by atoms with Crippen LogP contribution in [0.3, 0.4) is 0 Å². The fourth-order valence-electron chi connectivity index (χ4n) is 2.16. The van der Waals surface area contributed by atoms with Crippen LogP contribution < -0.4 is 0 Å². The Morgan fingerprint density at radius 1 is 1.20 bits per heavy atom. The number of thiol groups is 1. The summed E-state index contributed by atoms with van der Waals surface area (Å²) in [6.45, 7) is 2.03. The number of rotatable bonds is 3. The molecule has 0 N–H and O–H groups in total. The number of benzene rings is 1. The molecule has 1 unspecified atom stereocenters. The zero-order valence-electron chi connectivity index (χ0n) is 11.6. The van der Waals surface area contributed by atoms with Crippen LogP contribution in [0.1, 0.15) is 11.1 Å². The van der Waals surface area contributed by atoms with Gasteiger partial charge in [-0.25, -0.2) is 0 Å². The second kappa shape index (κ2) is 6.09. The third kappa shape index (κ3) is 2.56. The number of methoxy groups -OCH3 is 2. The highest BCUT2D eigenvalue weighted by molar-refractivity contribution is 7.84. The van der Waals surface area contributed by atoms with Gasteiger partial charge in [0.2, 0.25) is 0 Å². The van der Waals surface area contributed by atoms with Crippen LogP contribution >= 0.6 is 12.6 Å². The minimum atomic E-state index is -0.501. The highest BCUT2D eigenvalue weighted by Gasteiger charge is 2.34. The minimum Gasteiger partial charge on any atom is -0.496 e. The average molecular weight is 288 g/mol. The lowest BCUT2D eigenvalue weighted by Gasteiger charge is -2.22. The zero-order chi connectivity index (χ0) is 14.7. The molecular weight excluding hydrogens is 272 g/mol. The molecule has 1 aliphatic rings. The molecule has 2 rings (SSSR count). The summed E-state index contributed by atoms with van der Waals surface area (Å²) in [6, 6.07) is 8.05. The molecule has 1 aliphatic carbocycles. The molecule has 1 atom stereocenters. The number of nitrogens with zero attached hydrogens (tertiary/aromatic N) is 2. The van der Waals surface area contributed by atoms with Gasteiger partial charge in [0.25, 0.3) is 0 Å². The Balaban J connectivity index is 2.61. The van der Waals surface area contributed by atoms with Crippen LogP contribution in [-0.4, -0.2) is 30.8 Å². The van der Waals surface area contributed by atoms with Crippen molar-refractivity contribution in [3.63, 3.8) is 0 Å². The Kier molecular flexibility index (Phi) is 4.45. The Morgan fingerprint density at radius 2 is 1.85 bits per heavy atom. The van der Waals surface area contributed by atoms with Gasteiger partial charge >= 0.3 is 5.71 Å². The zero-order valence-corrected chi connectivity index (χ0v) is 12.5. The highest BCUT2D eigenvalue weighted by Crippen LogP contribution is 2.35. The smallest absolute Gasteiger partial charge is 0.329 e. The maximum absolute atomic E-state index is 9.07. The maximum atomic E-state index is 9.07. The third-order valence-electron chi connectivity index (χ3n) is 3.21. The van der Waals surface area contributed by atoms with Crippen molar-refractivity contribution in [1.82, 2.24) is 0 Å². The predicted octanol–water partition coefficient (Wildman–Crippen LogP) is 2.87. The van der Waals surface area contributed by atoms with E-state index < -0.39 is 6.10 Å². The van der Waals surface area contributed by atoms with E-state index in [0.29, 0.717) is 16.4 Å². The first kappa shape index (κ1) is 14.6. The lowest BCUT2D eigenvalue weighted by atomic mass is 9.94. The van der Waals surface area contributed by atoms with Gasteiger partial charge in [0.05, 0.1) is 13.2 Å². The number of ether oxygens (including phenoxy) is 2. The summed E-state index contributed by atoms with van der Waals surface area (Å²) in [4.78, 5) is 3.90. The van der Waals surface area contributed by atoms with Gasteiger partial charge in [-0.2, -0.15) is 4.79 Å². The molecule has 20 heavy (non-hydrogen) atoms. The van der Waals surface area contributed by atoms with Crippen LogP contribution in [0.25, 0.3) is 11.1 Å². The Labute approximate surface area is 123 Å². The van der Waals surface area contributed by atoms with Gasteiger partial charge in [0, 0.05) is 17.6 Å². The summed E-state index contributed by atoms with van der Waals surface area (Å²) in [6.07, 6.45) is 1.15. The van der Waals surface area contributed by atoms with Gasteiger partial charge in [0.15, 0.2) is 6.10 Å². The van der Waals surface area contributed by atoms with Gasteiger partial charge in [-0.15, -0.1) is 12.6 Å². The Morgan fingerprint density at radius 3 is 2.35 bits per heavy atom. The summed E-state index contributed by atoms with van der Waals surface area (Å²) in [5, 5.41) is 0. The summed E-state index contributed by atoms with van der Waals surface area (Å²) in [7, 11) is 3.12. The predicted molar refractivity (Wildman–Crippen MR) is 81.6 cm³/mol. The summed E-state index contributed by atoms with van der Waals surface area (Å²) in [5.41, 5.74) is 12.4. The van der Waals surface area contributed by atoms with Gasteiger partial charge in [0.1, 0.15) is 5.76 Å². The van der Waals surface area contributed by atoms with E-state index in [-0.39, 0.29) is 0 Å². The van der Waals surface area contributed by atoms with E-state index in [2.05, 4.69) is 17.4 Å². The van der Waals surface area contributed by atoms with E-state index in [0.717, 1.165) is 11.1 Å². The minimum absolute atomic E-state index is 0.366. The number of hydrogen-bond donors (Lipinski definition) is 1. The van der Waals surface area contributed by atoms with Crippen molar-refractivity contribution in [1.29, 1.82) is 0 Å². The van der Waals surface area contributed by atoms with Crippen molar-refractivity contribution < 1.29 is 14.3 Å². The fraction of sp³-hybridized carbons (Fsp3) is 0.267. The monoisotopic (exact) mass is 288 g/mol. The Bertz CT molecular complexity index is 626. The summed E-state index contributed by atoms with van der Waals surface area (Å²) >= 11 is 4.54. The van der Waals surface area contributed by atoms with E-state index in [9.17, 15) is 0 Å². The SMILES string of the molecule is COC1=CC(=[N+]=[N-])C(OC)C(S)=C1c1ccc(C)cc1. The van der Waals surface area contributed by atoms with Crippen molar-refractivity contribution in [2.75, 3.05) is 14.2 Å². The molecule has 104 valence electrons. The van der Waals surface area contributed by atoms with Crippen molar-refractivity contribution >= 4 is 23.9 Å². The maximum Gasteiger partial charge on any atom is 0.329 e. The average Bonchev–Trinajstić information content (AvgIpc) is 2.47. The van der Waals surface area contributed by atoms with Gasteiger partial charge in [-0.05, 0) is 12.5 Å².